The van der Waals surface area contributed by atoms with Crippen LogP contribution in [0, 0.1) is 0 Å². The molecule has 14 heteroatoms. The van der Waals surface area contributed by atoms with E-state index in [9.17, 15) is 19.8 Å². The third kappa shape index (κ3) is 5.67. The van der Waals surface area contributed by atoms with Gasteiger partial charge >= 0.3 is 5.97 Å². The predicted octanol–water partition coefficient (Wildman–Crippen LogP) is -0.504. The molecule has 1 amide bonds. The number of likely N-dealkylation sites (N-methyl/N-ethyl adjacent to an activating group) is 1. The number of aliphatic hydroxyl groups is 3. The van der Waals surface area contributed by atoms with E-state index in [4.69, 9.17) is 18.4 Å². The minimum Gasteiger partial charge on any atom is -0.481 e. The Hall–Kier alpha value is -3.85. The van der Waals surface area contributed by atoms with Crippen molar-refractivity contribution in [2.45, 2.75) is 56.9 Å². The van der Waals surface area contributed by atoms with Crippen molar-refractivity contribution in [3.8, 4) is 0 Å². The number of amides is 1. The van der Waals surface area contributed by atoms with Crippen LogP contribution >= 0.6 is 0 Å². The van der Waals surface area contributed by atoms with Crippen LogP contribution in [-0.2, 0) is 27.2 Å². The summed E-state index contributed by atoms with van der Waals surface area (Å²) in [4.78, 5) is 35.9. The molecule has 0 aliphatic carbocycles. The summed E-state index contributed by atoms with van der Waals surface area (Å²) < 4.78 is 22.9. The third-order valence-electron chi connectivity index (χ3n) is 6.30. The van der Waals surface area contributed by atoms with Gasteiger partial charge in [0.15, 0.2) is 23.9 Å². The van der Waals surface area contributed by atoms with Gasteiger partial charge in [-0.05, 0) is 30.9 Å². The van der Waals surface area contributed by atoms with Crippen molar-refractivity contribution in [3.05, 3.63) is 41.7 Å². The number of benzene rings is 1. The Kier molecular flexibility index (Phi) is 7.53. The maximum Gasteiger partial charge on any atom is 0.303 e. The van der Waals surface area contributed by atoms with Gasteiger partial charge in [0.05, 0.1) is 7.70 Å². The number of carboxylic acid groups (broad SMARTS) is 1. The number of fused-ring (bicyclic) bond motifs is 1. The second-order valence-electron chi connectivity index (χ2n) is 8.80. The Morgan fingerprint density at radius 3 is 2.63 bits per heavy atom. The first-order valence-corrected chi connectivity index (χ1v) is 12.0. The van der Waals surface area contributed by atoms with Gasteiger partial charge in [-0.25, -0.2) is 4.98 Å². The van der Waals surface area contributed by atoms with Crippen LogP contribution in [0.5, 0.6) is 0 Å². The fraction of sp³-hybridized carbons (Fsp3) is 0.458. The SMILES string of the molecule is [2H]OC([2H])([C@H]1O[C@@H](n2cnc3c(N)nc(NCCc4ccc(CCC(=O)O)cc4)nc32)[C@H](O)[C@@H]1O)N(C=O)CC. The molecular formula is C24H31N7O7. The van der Waals surface area contributed by atoms with E-state index < -0.39 is 36.7 Å². The van der Waals surface area contributed by atoms with Gasteiger partial charge < -0.3 is 41.1 Å². The number of hydrogen-bond acceptors (Lipinski definition) is 11. The Bertz CT molecular complexity index is 1350. The van der Waals surface area contributed by atoms with Crippen molar-refractivity contribution >= 4 is 35.3 Å². The highest BCUT2D eigenvalue weighted by Crippen LogP contribution is 2.34. The first kappa shape index (κ1) is 24.5. The highest BCUT2D eigenvalue weighted by Gasteiger charge is 2.48. The Morgan fingerprint density at radius 1 is 1.29 bits per heavy atom. The number of anilines is 2. The molecule has 2 aromatic heterocycles. The highest BCUT2D eigenvalue weighted by molar-refractivity contribution is 5.83. The average Bonchev–Trinajstić information content (AvgIpc) is 3.49. The van der Waals surface area contributed by atoms with Gasteiger partial charge in [-0.1, -0.05) is 24.3 Å². The van der Waals surface area contributed by atoms with E-state index in [1.165, 1.54) is 10.9 Å². The van der Waals surface area contributed by atoms with Gasteiger partial charge in [0, 0.05) is 19.5 Å². The summed E-state index contributed by atoms with van der Waals surface area (Å²) in [5, 5.41) is 37.9. The van der Waals surface area contributed by atoms with Crippen LogP contribution in [0.3, 0.4) is 0 Å². The molecule has 1 aliphatic rings. The minimum absolute atomic E-state index is 0.0130. The number of nitrogen functional groups attached to an aromatic ring is 1. The van der Waals surface area contributed by atoms with Crippen molar-refractivity contribution in [1.82, 2.24) is 24.4 Å². The molecule has 0 radical (unpaired) electrons. The van der Waals surface area contributed by atoms with Gasteiger partial charge in [0.1, 0.15) is 23.8 Å². The van der Waals surface area contributed by atoms with E-state index in [1.54, 1.807) is 6.92 Å². The van der Waals surface area contributed by atoms with Crippen LogP contribution in [0.1, 0.15) is 32.1 Å². The maximum absolute atomic E-state index is 11.5. The number of hydrogen-bond donors (Lipinski definition) is 6. The molecule has 0 bridgehead atoms. The van der Waals surface area contributed by atoms with Crippen molar-refractivity contribution in [1.29, 1.82) is 1.43 Å². The van der Waals surface area contributed by atoms with Gasteiger partial charge in [0.25, 0.3) is 0 Å². The number of carbonyl (C=O) groups excluding carboxylic acids is 1. The molecule has 0 spiro atoms. The molecular weight excluding hydrogens is 498 g/mol. The molecule has 1 saturated heterocycles. The molecule has 0 saturated carbocycles. The quantitative estimate of drug-likeness (QED) is 0.122. The first-order chi connectivity index (χ1) is 19.1. The average molecular weight is 532 g/mol. The minimum atomic E-state index is -2.43. The number of rotatable bonds is 13. The molecule has 204 valence electrons. The number of aliphatic carboxylic acids is 1. The summed E-state index contributed by atoms with van der Waals surface area (Å²) in [6, 6.07) is 7.62. The Labute approximate surface area is 220 Å². The second-order valence-corrected chi connectivity index (χ2v) is 8.80. The number of imidazole rings is 1. The number of nitrogens with one attached hydrogen (secondary N) is 1. The lowest BCUT2D eigenvalue weighted by Crippen LogP contribution is -2.48. The molecule has 3 heterocycles. The first-order valence-electron chi connectivity index (χ1n) is 12.9. The number of nitrogens with zero attached hydrogens (tertiary/aromatic N) is 5. The number of aromatic nitrogens is 4. The van der Waals surface area contributed by atoms with E-state index in [-0.39, 0.29) is 35.9 Å². The van der Waals surface area contributed by atoms with Crippen molar-refractivity contribution < 1.29 is 36.1 Å². The summed E-state index contributed by atoms with van der Waals surface area (Å²) in [6.45, 7) is 1.99. The van der Waals surface area contributed by atoms with Crippen LogP contribution in [0.25, 0.3) is 11.2 Å². The van der Waals surface area contributed by atoms with E-state index in [2.05, 4.69) is 25.4 Å². The molecule has 38 heavy (non-hydrogen) atoms. The Morgan fingerprint density at radius 2 is 2.00 bits per heavy atom. The Balaban J connectivity index is 1.50. The zero-order valence-corrected chi connectivity index (χ0v) is 20.6. The second kappa shape index (κ2) is 11.7. The highest BCUT2D eigenvalue weighted by atomic mass is 16.6. The number of nitrogens with two attached hydrogens (primary N) is 1. The lowest BCUT2D eigenvalue weighted by atomic mass is 10.1. The van der Waals surface area contributed by atoms with Crippen LogP contribution in [0.4, 0.5) is 11.8 Å². The normalized spacial score (nSPS) is 23.4. The number of aliphatic hydroxyl groups excluding tert-OH is 2. The maximum atomic E-state index is 11.5. The molecule has 1 fully saturated rings. The van der Waals surface area contributed by atoms with E-state index in [0.717, 1.165) is 16.0 Å². The van der Waals surface area contributed by atoms with E-state index in [0.29, 0.717) is 25.8 Å². The molecule has 1 aromatic carbocycles. The van der Waals surface area contributed by atoms with Crippen LogP contribution < -0.4 is 11.1 Å². The van der Waals surface area contributed by atoms with E-state index >= 15 is 0 Å². The number of carbonyl (C=O) groups is 2. The summed E-state index contributed by atoms with van der Waals surface area (Å²) in [5.41, 5.74) is 8.44. The van der Waals surface area contributed by atoms with Crippen molar-refractivity contribution in [3.63, 3.8) is 0 Å². The summed E-state index contributed by atoms with van der Waals surface area (Å²) in [5.74, 6) is -0.610. The molecule has 3 aromatic rings. The van der Waals surface area contributed by atoms with Crippen LogP contribution in [0.15, 0.2) is 30.6 Å². The number of aryl methyl sites for hydroxylation is 1. The van der Waals surface area contributed by atoms with E-state index in [1.807, 2.05) is 24.3 Å². The summed E-state index contributed by atoms with van der Waals surface area (Å²) in [6.07, 6.45) is -5.87. The van der Waals surface area contributed by atoms with Crippen LogP contribution in [-0.4, -0.2) is 96.3 Å². The summed E-state index contributed by atoms with van der Waals surface area (Å²) in [7, 11) is 0. The lowest BCUT2D eigenvalue weighted by Gasteiger charge is -2.28. The number of ether oxygens (including phenoxy) is 1. The molecule has 4 rings (SSSR count). The fourth-order valence-corrected chi connectivity index (χ4v) is 4.19. The topological polar surface area (TPSA) is 209 Å². The van der Waals surface area contributed by atoms with Gasteiger partial charge in [-0.2, -0.15) is 9.97 Å². The lowest BCUT2D eigenvalue weighted by molar-refractivity contribution is -0.152. The molecule has 1 aliphatic heterocycles. The molecule has 14 nitrogen and oxygen atoms in total. The number of carboxylic acids is 1. The largest absolute Gasteiger partial charge is 0.481 e. The smallest absolute Gasteiger partial charge is 0.303 e. The van der Waals surface area contributed by atoms with Crippen molar-refractivity contribution in [2.24, 2.45) is 0 Å². The van der Waals surface area contributed by atoms with Gasteiger partial charge in [0.2, 0.25) is 13.8 Å². The summed E-state index contributed by atoms with van der Waals surface area (Å²) >= 11 is 0. The van der Waals surface area contributed by atoms with Crippen molar-refractivity contribution in [2.75, 3.05) is 24.1 Å². The molecule has 7 N–H and O–H groups in total. The van der Waals surface area contributed by atoms with Gasteiger partial charge in [-0.15, -0.1) is 0 Å². The standard InChI is InChI=1S/C24H31N7O7/c1-2-30(12-32)22(37)19-17(35)18(36)23(38-19)31-11-27-16-20(25)28-24(29-21(16)31)26-10-9-14-5-3-13(4-6-14)7-8-15(33)34/h3-6,11-12,17-19,22-23,35-37H,2,7-10H2,1H3,(H,33,34)(H3,25,26,28,29)/t17-,18+,19-,22?,23+/m0/s1/i22D,37D. The van der Waals surface area contributed by atoms with Crippen LogP contribution in [0.2, 0.25) is 0 Å². The third-order valence-corrected chi connectivity index (χ3v) is 6.30. The monoisotopic (exact) mass is 531 g/mol. The molecule has 5 atom stereocenters. The molecule has 1 unspecified atom stereocenters. The zero-order chi connectivity index (χ0) is 29.0. The fourth-order valence-electron chi connectivity index (χ4n) is 4.19. The zero-order valence-electron chi connectivity index (χ0n) is 22.6. The predicted molar refractivity (Wildman–Crippen MR) is 135 cm³/mol. The van der Waals surface area contributed by atoms with Gasteiger partial charge in [-0.3, -0.25) is 14.2 Å².